The molecule has 1 atom stereocenters. The molecule has 1 N–H and O–H groups in total. The molecule has 2 aromatic carbocycles. The molecule has 0 spiro atoms. The van der Waals surface area contributed by atoms with E-state index < -0.39 is 11.9 Å². The second-order valence-electron chi connectivity index (χ2n) is 6.64. The van der Waals surface area contributed by atoms with Gasteiger partial charge in [0, 0.05) is 18.3 Å². The zero-order valence-corrected chi connectivity index (χ0v) is 19.1. The fourth-order valence-corrected chi connectivity index (χ4v) is 3.82. The Morgan fingerprint density at radius 2 is 2.16 bits per heavy atom. The number of anilines is 1. The number of aromatic nitrogens is 3. The van der Waals surface area contributed by atoms with Crippen molar-refractivity contribution in [3.63, 3.8) is 0 Å². The monoisotopic (exact) mass is 476 g/mol. The number of carbonyl (C=O) groups is 1. The molecule has 1 amide bonds. The number of methoxy groups -OCH3 is 1. The summed E-state index contributed by atoms with van der Waals surface area (Å²) in [5, 5.41) is 11.9. The molecule has 7 nitrogen and oxygen atoms in total. The Morgan fingerprint density at radius 1 is 1.34 bits per heavy atom. The highest BCUT2D eigenvalue weighted by Crippen LogP contribution is 2.30. The summed E-state index contributed by atoms with van der Waals surface area (Å²) >= 11 is 7.30. The van der Waals surface area contributed by atoms with Crippen LogP contribution in [0.5, 0.6) is 11.5 Å². The minimum atomic E-state index is -0.523. The van der Waals surface area contributed by atoms with Gasteiger partial charge >= 0.3 is 0 Å². The predicted octanol–water partition coefficient (Wildman–Crippen LogP) is 5.14. The van der Waals surface area contributed by atoms with E-state index in [1.807, 2.05) is 0 Å². The topological polar surface area (TPSA) is 78.3 Å². The summed E-state index contributed by atoms with van der Waals surface area (Å²) in [6, 6.07) is 11.0. The van der Waals surface area contributed by atoms with Crippen LogP contribution in [0, 0.1) is 5.82 Å². The Balaban J connectivity index is 1.68. The number of hydrogen-bond acceptors (Lipinski definition) is 6. The number of thioether (sulfide) groups is 1. The number of halogens is 2. The van der Waals surface area contributed by atoms with Crippen LogP contribution in [0.15, 0.2) is 60.3 Å². The second-order valence-corrected chi connectivity index (χ2v) is 7.99. The van der Waals surface area contributed by atoms with Crippen LogP contribution in [-0.2, 0) is 11.3 Å². The maximum atomic E-state index is 13.3. The lowest BCUT2D eigenvalue weighted by Gasteiger charge is -2.16. The van der Waals surface area contributed by atoms with Crippen LogP contribution in [0.1, 0.15) is 18.9 Å². The van der Waals surface area contributed by atoms with Crippen LogP contribution < -0.4 is 14.8 Å². The van der Waals surface area contributed by atoms with E-state index in [1.54, 1.807) is 48.9 Å². The molecule has 168 valence electrons. The largest absolute Gasteiger partial charge is 0.497 e. The van der Waals surface area contributed by atoms with Crippen molar-refractivity contribution in [1.29, 1.82) is 0 Å². The van der Waals surface area contributed by atoms with E-state index in [0.29, 0.717) is 34.7 Å². The molecule has 1 heterocycles. The molecule has 10 heteroatoms. The molecule has 3 aromatic rings. The third-order valence-corrected chi connectivity index (χ3v) is 5.57. The van der Waals surface area contributed by atoms with Gasteiger partial charge in [-0.2, -0.15) is 0 Å². The maximum absolute atomic E-state index is 13.3. The molecular formula is C22H22ClFN4O3S. The van der Waals surface area contributed by atoms with E-state index in [2.05, 4.69) is 22.1 Å². The minimum absolute atomic E-state index is 0.130. The third kappa shape index (κ3) is 6.02. The van der Waals surface area contributed by atoms with Crippen LogP contribution in [-0.4, -0.2) is 33.5 Å². The molecule has 1 aromatic heterocycles. The molecule has 1 unspecified atom stereocenters. The van der Waals surface area contributed by atoms with Crippen molar-refractivity contribution in [3.8, 4) is 11.5 Å². The summed E-state index contributed by atoms with van der Waals surface area (Å²) < 4.78 is 26.1. The number of ether oxygens (including phenoxy) is 2. The highest BCUT2D eigenvalue weighted by atomic mass is 35.5. The van der Waals surface area contributed by atoms with Crippen LogP contribution >= 0.6 is 23.4 Å². The zero-order chi connectivity index (χ0) is 23.1. The lowest BCUT2D eigenvalue weighted by molar-refractivity contribution is -0.113. The number of rotatable bonds is 10. The van der Waals surface area contributed by atoms with E-state index in [0.717, 1.165) is 0 Å². The Labute approximate surface area is 194 Å². The molecule has 0 fully saturated rings. The fraction of sp³-hybridized carbons (Fsp3) is 0.227. The SMILES string of the molecule is C=CCn1c(SCC(=O)Nc2cccc(OC)c2)nnc1C(C)Oc1ccc(F)cc1Cl. The van der Waals surface area contributed by atoms with Crippen molar-refractivity contribution in [1.82, 2.24) is 14.8 Å². The first-order chi connectivity index (χ1) is 15.4. The fourth-order valence-electron chi connectivity index (χ4n) is 2.85. The Hall–Kier alpha value is -3.04. The van der Waals surface area contributed by atoms with Gasteiger partial charge in [0.15, 0.2) is 17.1 Å². The van der Waals surface area contributed by atoms with Crippen molar-refractivity contribution >= 4 is 35.0 Å². The summed E-state index contributed by atoms with van der Waals surface area (Å²) in [5.74, 6) is 1.00. The highest BCUT2D eigenvalue weighted by Gasteiger charge is 2.20. The molecule has 32 heavy (non-hydrogen) atoms. The van der Waals surface area contributed by atoms with Gasteiger partial charge in [0.1, 0.15) is 17.3 Å². The standard InChI is InChI=1S/C22H22ClFN4O3S/c1-4-10-28-21(14(2)31-19-9-8-15(24)11-18(19)23)26-27-22(28)32-13-20(29)25-16-6-5-7-17(12-16)30-3/h4-9,11-12,14H,1,10,13H2,2-3H3,(H,25,29). The summed E-state index contributed by atoms with van der Waals surface area (Å²) in [6.45, 7) is 5.98. The lowest BCUT2D eigenvalue weighted by atomic mass is 10.3. The van der Waals surface area contributed by atoms with Crippen LogP contribution in [0.3, 0.4) is 0 Å². The first-order valence-electron chi connectivity index (χ1n) is 9.63. The smallest absolute Gasteiger partial charge is 0.234 e. The van der Waals surface area contributed by atoms with Crippen molar-refractivity contribution in [3.05, 3.63) is 71.8 Å². The number of nitrogens with zero attached hydrogens (tertiary/aromatic N) is 3. The quantitative estimate of drug-likeness (QED) is 0.322. The normalized spacial score (nSPS) is 11.6. The summed E-state index contributed by atoms with van der Waals surface area (Å²) in [7, 11) is 1.57. The zero-order valence-electron chi connectivity index (χ0n) is 17.5. The average molecular weight is 477 g/mol. The molecule has 0 aliphatic heterocycles. The van der Waals surface area contributed by atoms with E-state index >= 15 is 0 Å². The van der Waals surface area contributed by atoms with Crippen LogP contribution in [0.4, 0.5) is 10.1 Å². The molecule has 0 bridgehead atoms. The molecule has 0 aliphatic rings. The van der Waals surface area contributed by atoms with Crippen molar-refractivity contribution in [2.75, 3.05) is 18.2 Å². The number of nitrogens with one attached hydrogen (secondary N) is 1. The molecule has 0 saturated carbocycles. The number of hydrogen-bond donors (Lipinski definition) is 1. The number of allylic oxidation sites excluding steroid dienone is 1. The van der Waals surface area contributed by atoms with Gasteiger partial charge in [-0.25, -0.2) is 4.39 Å². The van der Waals surface area contributed by atoms with Gasteiger partial charge in [0.05, 0.1) is 17.9 Å². The Morgan fingerprint density at radius 3 is 2.88 bits per heavy atom. The first-order valence-corrected chi connectivity index (χ1v) is 11.0. The maximum Gasteiger partial charge on any atom is 0.234 e. The summed E-state index contributed by atoms with van der Waals surface area (Å²) in [5.41, 5.74) is 0.640. The van der Waals surface area contributed by atoms with Crippen molar-refractivity contribution in [2.45, 2.75) is 24.7 Å². The van der Waals surface area contributed by atoms with E-state index in [4.69, 9.17) is 21.1 Å². The number of benzene rings is 2. The molecule has 3 rings (SSSR count). The van der Waals surface area contributed by atoms with Crippen molar-refractivity contribution in [2.24, 2.45) is 0 Å². The minimum Gasteiger partial charge on any atom is -0.497 e. The molecule has 0 aliphatic carbocycles. The van der Waals surface area contributed by atoms with Gasteiger partial charge in [-0.1, -0.05) is 35.5 Å². The van der Waals surface area contributed by atoms with E-state index in [-0.39, 0.29) is 16.7 Å². The summed E-state index contributed by atoms with van der Waals surface area (Å²) in [6.07, 6.45) is 1.18. The van der Waals surface area contributed by atoms with Crippen LogP contribution in [0.2, 0.25) is 5.02 Å². The van der Waals surface area contributed by atoms with Gasteiger partial charge < -0.3 is 14.8 Å². The first kappa shape index (κ1) is 23.6. The molecule has 0 radical (unpaired) electrons. The Kier molecular flexibility index (Phi) is 8.13. The van der Waals surface area contributed by atoms with Gasteiger partial charge in [0.2, 0.25) is 5.91 Å². The third-order valence-electron chi connectivity index (χ3n) is 4.30. The molecule has 0 saturated heterocycles. The number of carbonyl (C=O) groups excluding carboxylic acids is 1. The van der Waals surface area contributed by atoms with E-state index in [1.165, 1.54) is 30.0 Å². The van der Waals surface area contributed by atoms with Gasteiger partial charge in [0.25, 0.3) is 0 Å². The highest BCUT2D eigenvalue weighted by molar-refractivity contribution is 7.99. The average Bonchev–Trinajstić information content (AvgIpc) is 3.17. The lowest BCUT2D eigenvalue weighted by Crippen LogP contribution is -2.15. The van der Waals surface area contributed by atoms with Gasteiger partial charge in [-0.05, 0) is 37.3 Å². The van der Waals surface area contributed by atoms with Crippen LogP contribution in [0.25, 0.3) is 0 Å². The molecular weight excluding hydrogens is 455 g/mol. The van der Waals surface area contributed by atoms with Gasteiger partial charge in [-0.15, -0.1) is 16.8 Å². The summed E-state index contributed by atoms with van der Waals surface area (Å²) in [4.78, 5) is 12.4. The number of amides is 1. The van der Waals surface area contributed by atoms with Gasteiger partial charge in [-0.3, -0.25) is 9.36 Å². The predicted molar refractivity (Wildman–Crippen MR) is 123 cm³/mol. The van der Waals surface area contributed by atoms with E-state index in [9.17, 15) is 9.18 Å². The van der Waals surface area contributed by atoms with Crippen molar-refractivity contribution < 1.29 is 18.7 Å². The Bertz CT molecular complexity index is 1110. The second kappa shape index (κ2) is 11.0.